The van der Waals surface area contributed by atoms with Gasteiger partial charge in [0.25, 0.3) is 0 Å². The number of hydrogen-bond acceptors (Lipinski definition) is 7. The van der Waals surface area contributed by atoms with Gasteiger partial charge in [-0.25, -0.2) is 19.2 Å². The normalized spacial score (nSPS) is 17.9. The van der Waals surface area contributed by atoms with Crippen molar-refractivity contribution in [1.82, 2.24) is 19.9 Å². The number of aryl methyl sites for hydroxylation is 2. The van der Waals surface area contributed by atoms with E-state index in [9.17, 15) is 4.79 Å². The molecule has 0 N–H and O–H groups in total. The molecule has 0 aliphatic carbocycles. The Balaban J connectivity index is 0.00000158. The van der Waals surface area contributed by atoms with Crippen molar-refractivity contribution in [3.05, 3.63) is 17.2 Å². The summed E-state index contributed by atoms with van der Waals surface area (Å²) in [4.78, 5) is 30.8. The van der Waals surface area contributed by atoms with Crippen molar-refractivity contribution in [2.24, 2.45) is 0 Å². The number of amides is 1. The fraction of sp³-hybridized carbons (Fsp3) is 0.680. The molecule has 0 unspecified atom stereocenters. The topological polar surface area (TPSA) is 71.5 Å². The average molecular weight is 492 g/mol. The molecule has 1 amide bonds. The standard InChI is InChI=1S/C23H32FN5O2S.C2H6/c1-6-15-18(24)19-17-16(25-15)10-8-9-14-13-28(22(30)31-23(3,4)5)11-12-29(14)20(17)27-21(26-19)32-7-2;1-2/h14H,6-13H2,1-5H3;1-2H3/t14-;/m1./s1. The summed E-state index contributed by atoms with van der Waals surface area (Å²) in [6, 6.07) is 0.0934. The highest BCUT2D eigenvalue weighted by molar-refractivity contribution is 7.99. The van der Waals surface area contributed by atoms with E-state index in [0.717, 1.165) is 41.9 Å². The molecule has 4 heterocycles. The number of anilines is 1. The van der Waals surface area contributed by atoms with Gasteiger partial charge in [-0.2, -0.15) is 0 Å². The molecule has 1 atom stereocenters. The van der Waals surface area contributed by atoms with Crippen LogP contribution in [-0.4, -0.2) is 63.0 Å². The maximum atomic E-state index is 15.3. The minimum atomic E-state index is -0.528. The van der Waals surface area contributed by atoms with Crippen LogP contribution in [0.2, 0.25) is 0 Å². The van der Waals surface area contributed by atoms with Gasteiger partial charge in [0, 0.05) is 25.7 Å². The molecular weight excluding hydrogens is 453 g/mol. The van der Waals surface area contributed by atoms with Crippen molar-refractivity contribution in [1.29, 1.82) is 0 Å². The van der Waals surface area contributed by atoms with E-state index in [0.29, 0.717) is 42.4 Å². The van der Waals surface area contributed by atoms with E-state index in [2.05, 4.69) is 14.9 Å². The number of ether oxygens (including phenoxy) is 1. The van der Waals surface area contributed by atoms with Crippen LogP contribution in [0.5, 0.6) is 0 Å². The van der Waals surface area contributed by atoms with Gasteiger partial charge >= 0.3 is 6.09 Å². The highest BCUT2D eigenvalue weighted by Gasteiger charge is 2.35. The minimum Gasteiger partial charge on any atom is -0.444 e. The molecule has 2 aromatic heterocycles. The number of nitrogens with zero attached hydrogens (tertiary/aromatic N) is 5. The number of thioether (sulfide) groups is 1. The molecule has 2 aromatic rings. The van der Waals surface area contributed by atoms with Crippen molar-refractivity contribution in [3.63, 3.8) is 0 Å². The van der Waals surface area contributed by atoms with E-state index >= 15 is 4.39 Å². The van der Waals surface area contributed by atoms with Crippen LogP contribution in [0.3, 0.4) is 0 Å². The summed E-state index contributed by atoms with van der Waals surface area (Å²) in [5.41, 5.74) is 1.20. The fourth-order valence-corrected chi connectivity index (χ4v) is 5.02. The molecule has 0 radical (unpaired) electrons. The Morgan fingerprint density at radius 3 is 2.56 bits per heavy atom. The van der Waals surface area contributed by atoms with Gasteiger partial charge in [0.15, 0.2) is 11.0 Å². The number of pyridine rings is 1. The summed E-state index contributed by atoms with van der Waals surface area (Å²) in [5, 5.41) is 1.32. The van der Waals surface area contributed by atoms with Crippen LogP contribution in [0.15, 0.2) is 5.16 Å². The van der Waals surface area contributed by atoms with Gasteiger partial charge in [-0.05, 0) is 52.2 Å². The molecule has 34 heavy (non-hydrogen) atoms. The smallest absolute Gasteiger partial charge is 0.410 e. The molecule has 0 spiro atoms. The first kappa shape index (κ1) is 26.4. The number of fused-ring (bicyclic) bond motifs is 2. The minimum absolute atomic E-state index is 0.0934. The van der Waals surface area contributed by atoms with Crippen LogP contribution < -0.4 is 4.90 Å². The molecule has 0 bridgehead atoms. The maximum absolute atomic E-state index is 15.3. The number of rotatable bonds is 3. The Morgan fingerprint density at radius 2 is 1.91 bits per heavy atom. The predicted octanol–water partition coefficient (Wildman–Crippen LogP) is 5.63. The molecule has 1 saturated heterocycles. The second kappa shape index (κ2) is 11.1. The first-order chi connectivity index (χ1) is 16.2. The van der Waals surface area contributed by atoms with Crippen molar-refractivity contribution in [2.45, 2.75) is 90.9 Å². The Labute approximate surface area is 206 Å². The third-order valence-electron chi connectivity index (χ3n) is 5.85. The van der Waals surface area contributed by atoms with Crippen LogP contribution in [0, 0.1) is 5.82 Å². The van der Waals surface area contributed by atoms with E-state index in [1.54, 1.807) is 4.90 Å². The molecule has 7 nitrogen and oxygen atoms in total. The van der Waals surface area contributed by atoms with Crippen molar-refractivity contribution >= 4 is 34.6 Å². The highest BCUT2D eigenvalue weighted by Crippen LogP contribution is 2.36. The second-order valence-corrected chi connectivity index (χ2v) is 10.6. The lowest BCUT2D eigenvalue weighted by molar-refractivity contribution is 0.0211. The first-order valence-electron chi connectivity index (χ1n) is 12.5. The lowest BCUT2D eigenvalue weighted by atomic mass is 9.98. The zero-order valence-electron chi connectivity index (χ0n) is 21.6. The van der Waals surface area contributed by atoms with Gasteiger partial charge < -0.3 is 14.5 Å². The largest absolute Gasteiger partial charge is 0.444 e. The van der Waals surface area contributed by atoms with Crippen LogP contribution in [0.4, 0.5) is 15.0 Å². The number of piperazine rings is 1. The quantitative estimate of drug-likeness (QED) is 0.407. The van der Waals surface area contributed by atoms with E-state index < -0.39 is 5.60 Å². The third-order valence-corrected chi connectivity index (χ3v) is 6.58. The molecule has 9 heteroatoms. The van der Waals surface area contributed by atoms with Gasteiger partial charge in [-0.1, -0.05) is 39.5 Å². The molecule has 0 aromatic carbocycles. The predicted molar refractivity (Wildman–Crippen MR) is 136 cm³/mol. The number of carbonyl (C=O) groups is 1. The Kier molecular flexibility index (Phi) is 8.60. The van der Waals surface area contributed by atoms with Gasteiger partial charge in [0.2, 0.25) is 0 Å². The van der Waals surface area contributed by atoms with Crippen LogP contribution in [0.25, 0.3) is 10.9 Å². The maximum Gasteiger partial charge on any atom is 0.410 e. The van der Waals surface area contributed by atoms with Crippen LogP contribution in [0.1, 0.15) is 72.7 Å². The molecular formula is C25H38FN5O2S. The molecule has 2 aliphatic rings. The Bertz CT molecular complexity index is 1030. The lowest BCUT2D eigenvalue weighted by Crippen LogP contribution is -2.56. The van der Waals surface area contributed by atoms with E-state index in [1.807, 2.05) is 48.5 Å². The summed E-state index contributed by atoms with van der Waals surface area (Å²) < 4.78 is 20.9. The van der Waals surface area contributed by atoms with Gasteiger partial charge in [0.05, 0.1) is 16.8 Å². The van der Waals surface area contributed by atoms with E-state index in [1.165, 1.54) is 11.8 Å². The van der Waals surface area contributed by atoms with Gasteiger partial charge in [0.1, 0.15) is 16.9 Å². The fourth-order valence-electron chi connectivity index (χ4n) is 4.45. The third kappa shape index (κ3) is 5.56. The summed E-state index contributed by atoms with van der Waals surface area (Å²) in [7, 11) is 0. The summed E-state index contributed by atoms with van der Waals surface area (Å²) in [5.74, 6) is 1.22. The zero-order valence-corrected chi connectivity index (χ0v) is 22.4. The Morgan fingerprint density at radius 1 is 1.18 bits per heavy atom. The first-order valence-corrected chi connectivity index (χ1v) is 13.5. The highest BCUT2D eigenvalue weighted by atomic mass is 32.2. The number of aromatic nitrogens is 3. The molecule has 2 aliphatic heterocycles. The molecule has 4 rings (SSSR count). The van der Waals surface area contributed by atoms with Crippen LogP contribution >= 0.6 is 11.8 Å². The van der Waals surface area contributed by atoms with Crippen molar-refractivity contribution in [2.75, 3.05) is 30.3 Å². The lowest BCUT2D eigenvalue weighted by Gasteiger charge is -2.43. The zero-order chi connectivity index (χ0) is 25.0. The average Bonchev–Trinajstić information content (AvgIpc) is 2.79. The molecule has 0 saturated carbocycles. The number of carbonyl (C=O) groups excluding carboxylic acids is 1. The van der Waals surface area contributed by atoms with Crippen LogP contribution in [-0.2, 0) is 17.6 Å². The van der Waals surface area contributed by atoms with E-state index in [4.69, 9.17) is 9.72 Å². The van der Waals surface area contributed by atoms with Gasteiger partial charge in [-0.15, -0.1) is 0 Å². The van der Waals surface area contributed by atoms with Crippen molar-refractivity contribution < 1.29 is 13.9 Å². The molecule has 1 fully saturated rings. The Hall–Kier alpha value is -2.16. The van der Waals surface area contributed by atoms with Gasteiger partial charge in [-0.3, -0.25) is 4.98 Å². The summed E-state index contributed by atoms with van der Waals surface area (Å²) in [6.07, 6.45) is 2.81. The second-order valence-electron chi connectivity index (χ2n) is 9.32. The van der Waals surface area contributed by atoms with E-state index in [-0.39, 0.29) is 18.0 Å². The summed E-state index contributed by atoms with van der Waals surface area (Å²) in [6.45, 7) is 15.3. The van der Waals surface area contributed by atoms with Crippen molar-refractivity contribution in [3.8, 4) is 0 Å². The number of halogens is 1. The SMILES string of the molecule is CC.CCSc1nc2c3c(nc(CC)c(F)c3n1)CCC[C@@H]1CN(C(=O)OC(C)(C)C)CCN21. The summed E-state index contributed by atoms with van der Waals surface area (Å²) >= 11 is 1.51. The number of hydrogen-bond donors (Lipinski definition) is 0. The molecule has 188 valence electrons. The monoisotopic (exact) mass is 491 g/mol.